The van der Waals surface area contributed by atoms with Crippen LogP contribution in [0.5, 0.6) is 0 Å². The molecule has 0 atom stereocenters. The van der Waals surface area contributed by atoms with E-state index < -0.39 is 10.8 Å². The Morgan fingerprint density at radius 3 is 2.32 bits per heavy atom. The standard InChI is InChI=1S/C14H15N5O5S/c1-8(20)12(7-15-14(25)18-17-9(2)21)13(22)16-10-3-5-11(6-4-10)19(23)24/h3-7,20H,1-2H3,(H,16,22)(H,17,21)(H,18,25)/b12-8+,15-7+. The molecule has 25 heavy (non-hydrogen) atoms. The second kappa shape index (κ2) is 9.08. The number of rotatable bonds is 4. The first-order valence-corrected chi connectivity index (χ1v) is 7.17. The van der Waals surface area contributed by atoms with Gasteiger partial charge in [0.2, 0.25) is 11.0 Å². The van der Waals surface area contributed by atoms with Gasteiger partial charge in [0, 0.05) is 31.0 Å². The molecule has 1 aromatic carbocycles. The maximum atomic E-state index is 12.2. The molecule has 2 amide bonds. The van der Waals surface area contributed by atoms with Gasteiger partial charge < -0.3 is 10.4 Å². The van der Waals surface area contributed by atoms with E-state index in [4.69, 9.17) is 12.2 Å². The first-order valence-electron chi connectivity index (χ1n) is 6.77. The zero-order valence-corrected chi connectivity index (χ0v) is 14.1. The number of nitrogens with one attached hydrogen (secondary N) is 3. The Kier molecular flexibility index (Phi) is 7.16. The highest BCUT2D eigenvalue weighted by Crippen LogP contribution is 2.16. The first kappa shape index (κ1) is 19.7. The maximum absolute atomic E-state index is 12.2. The third kappa shape index (κ3) is 6.74. The van der Waals surface area contributed by atoms with Crippen LogP contribution < -0.4 is 16.2 Å². The highest BCUT2D eigenvalue weighted by atomic mass is 32.1. The number of amides is 2. The second-order valence-electron chi connectivity index (χ2n) is 4.63. The van der Waals surface area contributed by atoms with Crippen LogP contribution in [0.15, 0.2) is 40.6 Å². The Labute approximate surface area is 147 Å². The van der Waals surface area contributed by atoms with Gasteiger partial charge in [-0.2, -0.15) is 0 Å². The molecule has 0 spiro atoms. The van der Waals surface area contributed by atoms with Crippen LogP contribution in [-0.4, -0.2) is 33.2 Å². The van der Waals surface area contributed by atoms with E-state index in [0.717, 1.165) is 6.21 Å². The fourth-order valence-corrected chi connectivity index (χ4v) is 1.58. The van der Waals surface area contributed by atoms with Crippen LogP contribution in [0.2, 0.25) is 0 Å². The van der Waals surface area contributed by atoms with Gasteiger partial charge in [0.15, 0.2) is 0 Å². The number of aliphatic hydroxyl groups is 1. The van der Waals surface area contributed by atoms with E-state index in [2.05, 4.69) is 21.2 Å². The molecule has 11 heteroatoms. The molecule has 4 N–H and O–H groups in total. The van der Waals surface area contributed by atoms with E-state index in [1.165, 1.54) is 38.1 Å². The lowest BCUT2D eigenvalue weighted by atomic mass is 10.2. The maximum Gasteiger partial charge on any atom is 0.269 e. The summed E-state index contributed by atoms with van der Waals surface area (Å²) in [4.78, 5) is 36.7. The number of anilines is 1. The van der Waals surface area contributed by atoms with Gasteiger partial charge in [0.05, 0.1) is 10.5 Å². The topological polar surface area (TPSA) is 146 Å². The summed E-state index contributed by atoms with van der Waals surface area (Å²) in [5.41, 5.74) is 4.52. The van der Waals surface area contributed by atoms with Crippen molar-refractivity contribution >= 4 is 46.7 Å². The number of non-ortho nitro benzene ring substituents is 1. The Balaban J connectivity index is 2.80. The number of carbonyl (C=O) groups is 2. The zero-order chi connectivity index (χ0) is 19.0. The summed E-state index contributed by atoms with van der Waals surface area (Å²) in [5.74, 6) is -1.40. The number of aliphatic hydroxyl groups excluding tert-OH is 1. The number of carbonyl (C=O) groups excluding carboxylic acids is 2. The number of nitro benzene ring substituents is 1. The van der Waals surface area contributed by atoms with Crippen LogP contribution in [0.4, 0.5) is 11.4 Å². The third-order valence-corrected chi connectivity index (χ3v) is 2.83. The average molecular weight is 365 g/mol. The number of nitro groups is 1. The molecule has 0 unspecified atom stereocenters. The minimum absolute atomic E-state index is 0.122. The summed E-state index contributed by atoms with van der Waals surface area (Å²) in [6, 6.07) is 5.15. The predicted molar refractivity (Wildman–Crippen MR) is 95.1 cm³/mol. The lowest BCUT2D eigenvalue weighted by Crippen LogP contribution is -2.38. The molecule has 1 rings (SSSR count). The van der Waals surface area contributed by atoms with Gasteiger partial charge in [0.25, 0.3) is 11.6 Å². The SMILES string of the molecule is CC(=O)NNC(=S)/N=C/C(C(=O)Nc1ccc([N+](=O)[O-])cc1)=C(/C)O. The normalized spacial score (nSPS) is 11.4. The molecular weight excluding hydrogens is 350 g/mol. The number of hydrogen-bond acceptors (Lipinski definition) is 6. The van der Waals surface area contributed by atoms with Gasteiger partial charge in [-0.15, -0.1) is 0 Å². The molecule has 0 heterocycles. The molecule has 0 saturated carbocycles. The van der Waals surface area contributed by atoms with E-state index in [0.29, 0.717) is 5.69 Å². The molecule has 0 aliphatic rings. The molecular formula is C14H15N5O5S. The number of nitrogens with zero attached hydrogens (tertiary/aromatic N) is 2. The highest BCUT2D eigenvalue weighted by Gasteiger charge is 2.13. The van der Waals surface area contributed by atoms with E-state index >= 15 is 0 Å². The summed E-state index contributed by atoms with van der Waals surface area (Å²) < 4.78 is 0. The van der Waals surface area contributed by atoms with Crippen molar-refractivity contribution < 1.29 is 19.6 Å². The quantitative estimate of drug-likeness (QED) is 0.157. The van der Waals surface area contributed by atoms with Crippen molar-refractivity contribution in [3.63, 3.8) is 0 Å². The van der Waals surface area contributed by atoms with Crippen molar-refractivity contribution in [1.82, 2.24) is 10.9 Å². The van der Waals surface area contributed by atoms with Crippen molar-refractivity contribution in [2.45, 2.75) is 13.8 Å². The van der Waals surface area contributed by atoms with Crippen LogP contribution in [0.25, 0.3) is 0 Å². The van der Waals surface area contributed by atoms with Crippen LogP contribution in [0.3, 0.4) is 0 Å². The van der Waals surface area contributed by atoms with Gasteiger partial charge >= 0.3 is 0 Å². The molecule has 0 aliphatic carbocycles. The molecule has 10 nitrogen and oxygen atoms in total. The molecule has 1 aromatic rings. The van der Waals surface area contributed by atoms with Crippen molar-refractivity contribution in [3.05, 3.63) is 45.7 Å². The fourth-order valence-electron chi connectivity index (χ4n) is 1.48. The molecule has 132 valence electrons. The van der Waals surface area contributed by atoms with E-state index in [9.17, 15) is 24.8 Å². The highest BCUT2D eigenvalue weighted by molar-refractivity contribution is 7.80. The minimum atomic E-state index is -0.695. The molecule has 0 fully saturated rings. The van der Waals surface area contributed by atoms with Gasteiger partial charge in [-0.1, -0.05) is 0 Å². The number of thiocarbonyl (C=S) groups is 1. The Hall–Kier alpha value is -3.34. The molecule has 0 aliphatic heterocycles. The lowest BCUT2D eigenvalue weighted by molar-refractivity contribution is -0.384. The Morgan fingerprint density at radius 2 is 1.84 bits per heavy atom. The van der Waals surface area contributed by atoms with Crippen LogP contribution in [0.1, 0.15) is 13.8 Å². The van der Waals surface area contributed by atoms with Crippen LogP contribution in [-0.2, 0) is 9.59 Å². The number of allylic oxidation sites excluding steroid dienone is 1. The molecule has 0 saturated heterocycles. The monoisotopic (exact) mass is 365 g/mol. The zero-order valence-electron chi connectivity index (χ0n) is 13.3. The first-order chi connectivity index (χ1) is 11.7. The molecule has 0 radical (unpaired) electrons. The van der Waals surface area contributed by atoms with Gasteiger partial charge in [0.1, 0.15) is 5.76 Å². The van der Waals surface area contributed by atoms with Crippen molar-refractivity contribution in [2.75, 3.05) is 5.32 Å². The number of benzene rings is 1. The summed E-state index contributed by atoms with van der Waals surface area (Å²) in [7, 11) is 0. The van der Waals surface area contributed by atoms with Crippen molar-refractivity contribution in [1.29, 1.82) is 0 Å². The van der Waals surface area contributed by atoms with Gasteiger partial charge in [-0.25, -0.2) is 4.99 Å². The summed E-state index contributed by atoms with van der Waals surface area (Å²) in [6.45, 7) is 2.54. The number of hydrogen-bond donors (Lipinski definition) is 4. The summed E-state index contributed by atoms with van der Waals surface area (Å²) in [5, 5.41) is 22.5. The third-order valence-electron chi connectivity index (χ3n) is 2.63. The van der Waals surface area contributed by atoms with Crippen LogP contribution in [0, 0.1) is 10.1 Å². The predicted octanol–water partition coefficient (Wildman–Crippen LogP) is 1.36. The molecule has 0 bridgehead atoms. The van der Waals surface area contributed by atoms with E-state index in [1.54, 1.807) is 0 Å². The largest absolute Gasteiger partial charge is 0.512 e. The summed E-state index contributed by atoms with van der Waals surface area (Å²) >= 11 is 4.81. The second-order valence-corrected chi connectivity index (χ2v) is 5.01. The molecule has 0 aromatic heterocycles. The van der Waals surface area contributed by atoms with Gasteiger partial charge in [-0.3, -0.25) is 30.6 Å². The smallest absolute Gasteiger partial charge is 0.269 e. The van der Waals surface area contributed by atoms with Gasteiger partial charge in [-0.05, 0) is 31.3 Å². The lowest BCUT2D eigenvalue weighted by Gasteiger charge is -2.07. The van der Waals surface area contributed by atoms with Crippen molar-refractivity contribution in [3.8, 4) is 0 Å². The summed E-state index contributed by atoms with van der Waals surface area (Å²) in [6.07, 6.45) is 1.02. The van der Waals surface area contributed by atoms with Crippen molar-refractivity contribution in [2.24, 2.45) is 4.99 Å². The average Bonchev–Trinajstić information content (AvgIpc) is 2.53. The van der Waals surface area contributed by atoms with E-state index in [1.807, 2.05) is 0 Å². The Morgan fingerprint density at radius 1 is 1.24 bits per heavy atom. The van der Waals surface area contributed by atoms with Crippen LogP contribution >= 0.6 is 12.2 Å². The van der Waals surface area contributed by atoms with E-state index in [-0.39, 0.29) is 28.0 Å². The number of aliphatic imine (C=N–C) groups is 1. The fraction of sp³-hybridized carbons (Fsp3) is 0.143. The Bertz CT molecular complexity index is 753. The number of hydrazine groups is 1. The minimum Gasteiger partial charge on any atom is -0.512 e.